The number of imide groups is 1. The van der Waals surface area contributed by atoms with Gasteiger partial charge in [-0.2, -0.15) is 0 Å². The number of halogens is 3. The number of hydrogen-bond donors (Lipinski definition) is 2. The Hall–Kier alpha value is -3.28. The first-order chi connectivity index (χ1) is 22.2. The van der Waals surface area contributed by atoms with Crippen LogP contribution in [0.5, 0.6) is 5.75 Å². The zero-order valence-electron chi connectivity index (χ0n) is 23.7. The Kier molecular flexibility index (Phi) is 7.49. The van der Waals surface area contributed by atoms with Gasteiger partial charge in [-0.3, -0.25) is 24.1 Å². The van der Waals surface area contributed by atoms with Crippen LogP contribution in [0.4, 0.5) is 11.4 Å². The summed E-state index contributed by atoms with van der Waals surface area (Å²) in [5.41, 5.74) is 1.85. The molecule has 2 bridgehead atoms. The number of ether oxygens (including phenoxy) is 1. The predicted molar refractivity (Wildman–Crippen MR) is 179 cm³/mol. The van der Waals surface area contributed by atoms with Gasteiger partial charge in [0.15, 0.2) is 6.61 Å². The van der Waals surface area contributed by atoms with E-state index in [-0.39, 0.29) is 58.1 Å². The first-order valence-corrected chi connectivity index (χ1v) is 17.5. The van der Waals surface area contributed by atoms with Crippen molar-refractivity contribution in [1.29, 1.82) is 0 Å². The highest BCUT2D eigenvalue weighted by atomic mass is 35.5. The maximum atomic E-state index is 14.0. The summed E-state index contributed by atoms with van der Waals surface area (Å²) in [7, 11) is 0. The quantitative estimate of drug-likeness (QED) is 0.207. The molecule has 0 radical (unpaired) electrons. The van der Waals surface area contributed by atoms with E-state index in [2.05, 4.69) is 10.3 Å². The van der Waals surface area contributed by atoms with E-state index < -0.39 is 11.8 Å². The average molecular weight is 713 g/mol. The van der Waals surface area contributed by atoms with Gasteiger partial charge >= 0.3 is 4.87 Å². The minimum atomic E-state index is -0.469. The number of thiazole rings is 1. The van der Waals surface area contributed by atoms with Crippen molar-refractivity contribution in [3.63, 3.8) is 0 Å². The minimum absolute atomic E-state index is 0.0176. The summed E-state index contributed by atoms with van der Waals surface area (Å²) >= 11 is 21.4. The van der Waals surface area contributed by atoms with Crippen LogP contribution in [-0.2, 0) is 14.4 Å². The van der Waals surface area contributed by atoms with Gasteiger partial charge in [-0.15, -0.1) is 11.8 Å². The molecular weight excluding hydrogens is 689 g/mol. The molecule has 4 aliphatic rings. The number of H-pyrrole nitrogens is 1. The molecule has 2 aliphatic carbocycles. The fourth-order valence-corrected chi connectivity index (χ4v) is 11.3. The molecule has 8 nitrogen and oxygen atoms in total. The van der Waals surface area contributed by atoms with E-state index in [9.17, 15) is 19.2 Å². The van der Waals surface area contributed by atoms with Crippen LogP contribution in [0.3, 0.4) is 0 Å². The number of aromatic nitrogens is 1. The number of aromatic amines is 1. The van der Waals surface area contributed by atoms with Crippen molar-refractivity contribution in [3.05, 3.63) is 102 Å². The summed E-state index contributed by atoms with van der Waals surface area (Å²) in [6.07, 6.45) is 0.736. The van der Waals surface area contributed by atoms with Crippen molar-refractivity contribution in [2.24, 2.45) is 29.6 Å². The van der Waals surface area contributed by atoms with E-state index in [1.165, 1.54) is 4.90 Å². The van der Waals surface area contributed by atoms with Gasteiger partial charge in [-0.05, 0) is 90.9 Å². The van der Waals surface area contributed by atoms with Gasteiger partial charge in [0, 0.05) is 42.4 Å². The molecule has 2 saturated carbocycles. The van der Waals surface area contributed by atoms with Crippen molar-refractivity contribution >= 4 is 87.0 Å². The Bertz CT molecular complexity index is 1960. The van der Waals surface area contributed by atoms with Gasteiger partial charge in [-0.25, -0.2) is 0 Å². The number of thioether (sulfide) groups is 1. The lowest BCUT2D eigenvalue weighted by Gasteiger charge is -2.43. The maximum absolute atomic E-state index is 14.0. The predicted octanol–water partition coefficient (Wildman–Crippen LogP) is 7.09. The van der Waals surface area contributed by atoms with Crippen molar-refractivity contribution in [3.8, 4) is 5.75 Å². The third kappa shape index (κ3) is 4.88. The topological polar surface area (TPSA) is 109 Å². The van der Waals surface area contributed by atoms with Crippen LogP contribution in [-0.4, -0.2) is 34.6 Å². The molecule has 46 heavy (non-hydrogen) atoms. The summed E-state index contributed by atoms with van der Waals surface area (Å²) in [5.74, 6) is -1.71. The van der Waals surface area contributed by atoms with Crippen LogP contribution in [0, 0.1) is 29.6 Å². The number of nitrogens with one attached hydrogen (secondary N) is 2. The number of nitrogens with zero attached hydrogens (tertiary/aromatic N) is 1. The minimum Gasteiger partial charge on any atom is -0.483 e. The van der Waals surface area contributed by atoms with Crippen molar-refractivity contribution < 1.29 is 19.1 Å². The van der Waals surface area contributed by atoms with Crippen molar-refractivity contribution in [1.82, 2.24) is 4.98 Å². The number of carbonyl (C=O) groups is 3. The molecule has 3 heterocycles. The van der Waals surface area contributed by atoms with E-state index in [1.54, 1.807) is 72.4 Å². The van der Waals surface area contributed by atoms with Crippen LogP contribution < -0.4 is 19.8 Å². The second-order valence-electron chi connectivity index (χ2n) is 12.0. The number of amides is 3. The molecule has 3 amide bonds. The van der Waals surface area contributed by atoms with Gasteiger partial charge in [-0.1, -0.05) is 46.1 Å². The Labute approximate surface area is 286 Å². The zero-order valence-corrected chi connectivity index (χ0v) is 27.6. The Morgan fingerprint density at radius 1 is 0.891 bits per heavy atom. The van der Waals surface area contributed by atoms with E-state index >= 15 is 0 Å². The van der Waals surface area contributed by atoms with E-state index in [0.29, 0.717) is 32.2 Å². The van der Waals surface area contributed by atoms with Crippen LogP contribution in [0.1, 0.15) is 22.8 Å². The number of carbonyl (C=O) groups excluding carboxylic acids is 3. The number of anilines is 2. The third-order valence-corrected chi connectivity index (χ3v) is 12.9. The summed E-state index contributed by atoms with van der Waals surface area (Å²) in [4.78, 5) is 58.5. The lowest BCUT2D eigenvalue weighted by atomic mass is 9.68. The highest BCUT2D eigenvalue weighted by molar-refractivity contribution is 8.00. The van der Waals surface area contributed by atoms with E-state index in [0.717, 1.165) is 33.2 Å². The second-order valence-corrected chi connectivity index (χ2v) is 15.5. The first-order valence-electron chi connectivity index (χ1n) is 14.7. The Morgan fingerprint density at radius 2 is 1.54 bits per heavy atom. The summed E-state index contributed by atoms with van der Waals surface area (Å²) in [6.45, 7) is -0.261. The van der Waals surface area contributed by atoms with E-state index in [4.69, 9.17) is 39.5 Å². The van der Waals surface area contributed by atoms with Crippen LogP contribution in [0.2, 0.25) is 15.1 Å². The smallest absolute Gasteiger partial charge is 0.305 e. The van der Waals surface area contributed by atoms with E-state index in [1.807, 2.05) is 6.07 Å². The van der Waals surface area contributed by atoms with Crippen LogP contribution >= 0.6 is 57.9 Å². The standard InChI is InChI=1S/C33H24Cl3N3O5S2/c34-14-1-6-17(7-2-14)37-23(40)13-44-22-10-5-16(36)11-19(22)24-25-20-12-21(28(25)45-30-29(24)46-33(43)38-30)27-26(20)31(41)39(32(27)42)18-8-3-15(35)4-9-18/h1-11,20-21,24-28H,12-13H2,(H,37,40)(H,38,43)/t20?,21?,24-,25?,26?,27?,28?/m1/s1. The lowest BCUT2D eigenvalue weighted by molar-refractivity contribution is -0.123. The van der Waals surface area contributed by atoms with Crippen molar-refractivity contribution in [2.45, 2.75) is 22.6 Å². The lowest BCUT2D eigenvalue weighted by Crippen LogP contribution is -2.42. The SMILES string of the molecule is O=C(COc1ccc(Cl)cc1[C@H]1c2sc(=O)[nH]c2SC2C3CC(C4C(=O)N(c5ccc(Cl)cc5)C(=O)C34)C21)Nc1ccc(Cl)cc1. The molecule has 2 N–H and O–H groups in total. The number of benzene rings is 3. The fourth-order valence-electron chi connectivity index (χ4n) is 7.98. The molecule has 3 fully saturated rings. The number of rotatable bonds is 6. The maximum Gasteiger partial charge on any atom is 0.305 e. The van der Waals surface area contributed by atoms with Gasteiger partial charge < -0.3 is 15.0 Å². The average Bonchev–Trinajstić information content (AvgIpc) is 3.77. The largest absolute Gasteiger partial charge is 0.483 e. The van der Waals surface area contributed by atoms with Crippen LogP contribution in [0.15, 0.2) is 76.6 Å². The molecule has 4 aromatic rings. The molecule has 13 heteroatoms. The van der Waals surface area contributed by atoms with Crippen molar-refractivity contribution in [2.75, 3.05) is 16.8 Å². The summed E-state index contributed by atoms with van der Waals surface area (Å²) in [5, 5.41) is 5.12. The van der Waals surface area contributed by atoms with Crippen LogP contribution in [0.25, 0.3) is 0 Å². The van der Waals surface area contributed by atoms with Gasteiger partial charge in [0.1, 0.15) is 5.75 Å². The molecular formula is C33H24Cl3N3O5S2. The molecule has 7 atom stereocenters. The third-order valence-electron chi connectivity index (χ3n) is 9.60. The second kappa shape index (κ2) is 11.5. The molecule has 6 unspecified atom stereocenters. The summed E-state index contributed by atoms with van der Waals surface area (Å²) in [6, 6.07) is 18.8. The number of fused-ring (bicyclic) bond motifs is 9. The molecule has 1 aromatic heterocycles. The molecule has 0 spiro atoms. The fraction of sp³-hybridized carbons (Fsp3) is 0.273. The monoisotopic (exact) mass is 711 g/mol. The molecule has 8 rings (SSSR count). The Morgan fingerprint density at radius 3 is 2.26 bits per heavy atom. The highest BCUT2D eigenvalue weighted by Gasteiger charge is 2.69. The molecule has 234 valence electrons. The first kappa shape index (κ1) is 30.1. The van der Waals surface area contributed by atoms with Gasteiger partial charge in [0.2, 0.25) is 11.8 Å². The normalized spacial score (nSPS) is 27.4. The van der Waals surface area contributed by atoms with Gasteiger partial charge in [0.05, 0.1) is 22.5 Å². The number of hydrogen-bond acceptors (Lipinski definition) is 7. The summed E-state index contributed by atoms with van der Waals surface area (Å²) < 4.78 is 6.14. The molecule has 3 aromatic carbocycles. The van der Waals surface area contributed by atoms with Gasteiger partial charge in [0.25, 0.3) is 5.91 Å². The zero-order chi connectivity index (χ0) is 31.9. The molecule has 2 aliphatic heterocycles. The molecule has 1 saturated heterocycles. The highest BCUT2D eigenvalue weighted by Crippen LogP contribution is 2.69. The Balaban J connectivity index is 1.14.